The molecule has 3 rings (SSSR count). The van der Waals surface area contributed by atoms with Crippen LogP contribution in [0.5, 0.6) is 0 Å². The molecular weight excluding hydrogens is 374 g/mol. The van der Waals surface area contributed by atoms with Crippen molar-refractivity contribution in [2.75, 3.05) is 38.5 Å². The molecule has 2 aliphatic rings. The Labute approximate surface area is 159 Å². The molecule has 1 unspecified atom stereocenters. The molecule has 3 heterocycles. The molecule has 0 radical (unpaired) electrons. The van der Waals surface area contributed by atoms with Gasteiger partial charge in [0.1, 0.15) is 4.90 Å². The van der Waals surface area contributed by atoms with E-state index < -0.39 is 10.0 Å². The average molecular weight is 400 g/mol. The van der Waals surface area contributed by atoms with E-state index in [1.807, 2.05) is 6.92 Å². The van der Waals surface area contributed by atoms with Gasteiger partial charge in [-0.25, -0.2) is 13.4 Å². The van der Waals surface area contributed by atoms with Gasteiger partial charge in [0.05, 0.1) is 23.5 Å². The lowest BCUT2D eigenvalue weighted by Gasteiger charge is -2.31. The number of hydrogen-bond acceptors (Lipinski definition) is 6. The smallest absolute Gasteiger partial charge is 0.244 e. The zero-order valence-electron chi connectivity index (χ0n) is 15.0. The Morgan fingerprint density at radius 1 is 1.27 bits per heavy atom. The van der Waals surface area contributed by atoms with E-state index in [0.717, 1.165) is 19.3 Å². The zero-order chi connectivity index (χ0) is 18.6. The predicted octanol–water partition coefficient (Wildman–Crippen LogP) is 1.60. The van der Waals surface area contributed by atoms with Gasteiger partial charge in [0, 0.05) is 32.4 Å². The van der Waals surface area contributed by atoms with E-state index in [9.17, 15) is 13.2 Å². The predicted molar refractivity (Wildman–Crippen MR) is 99.6 cm³/mol. The highest BCUT2D eigenvalue weighted by atomic mass is 32.2. The van der Waals surface area contributed by atoms with Crippen molar-refractivity contribution in [1.82, 2.24) is 14.2 Å². The monoisotopic (exact) mass is 399 g/mol. The number of hydrogen-bond donors (Lipinski definition) is 0. The SMILES string of the molecule is CC1CN(C(=O)CSc2ccc(S(=O)(=O)N3CCCCC3)cn2)CCO1. The summed E-state index contributed by atoms with van der Waals surface area (Å²) in [6.07, 6.45) is 4.35. The summed E-state index contributed by atoms with van der Waals surface area (Å²) < 4.78 is 32.2. The van der Waals surface area contributed by atoms with Crippen LogP contribution in [0.1, 0.15) is 26.2 Å². The second-order valence-electron chi connectivity index (χ2n) is 6.61. The molecule has 1 aromatic rings. The molecule has 1 aromatic heterocycles. The van der Waals surface area contributed by atoms with Crippen molar-refractivity contribution in [1.29, 1.82) is 0 Å². The zero-order valence-corrected chi connectivity index (χ0v) is 16.6. The summed E-state index contributed by atoms with van der Waals surface area (Å²) in [5.41, 5.74) is 0. The van der Waals surface area contributed by atoms with Gasteiger partial charge in [-0.3, -0.25) is 4.79 Å². The van der Waals surface area contributed by atoms with Gasteiger partial charge in [-0.05, 0) is 31.9 Å². The highest BCUT2D eigenvalue weighted by Gasteiger charge is 2.26. The number of carbonyl (C=O) groups is 1. The molecule has 0 aromatic carbocycles. The Kier molecular flexibility index (Phi) is 6.55. The number of morpholine rings is 1. The van der Waals surface area contributed by atoms with Gasteiger partial charge in [-0.1, -0.05) is 18.2 Å². The number of aromatic nitrogens is 1. The summed E-state index contributed by atoms with van der Waals surface area (Å²) in [4.78, 5) is 18.5. The molecule has 26 heavy (non-hydrogen) atoms. The lowest BCUT2D eigenvalue weighted by Crippen LogP contribution is -2.45. The summed E-state index contributed by atoms with van der Waals surface area (Å²) in [6.45, 7) is 4.90. The van der Waals surface area contributed by atoms with Gasteiger partial charge in [0.25, 0.3) is 0 Å². The number of pyridine rings is 1. The van der Waals surface area contributed by atoms with Crippen LogP contribution in [-0.4, -0.2) is 73.2 Å². The van der Waals surface area contributed by atoms with Crippen molar-refractivity contribution in [2.24, 2.45) is 0 Å². The fourth-order valence-corrected chi connectivity index (χ4v) is 5.34. The van der Waals surface area contributed by atoms with Crippen LogP contribution in [0, 0.1) is 0 Å². The molecule has 1 amide bonds. The summed E-state index contributed by atoms with van der Waals surface area (Å²) >= 11 is 1.33. The summed E-state index contributed by atoms with van der Waals surface area (Å²) in [5, 5.41) is 0.650. The van der Waals surface area contributed by atoms with Crippen LogP contribution in [0.25, 0.3) is 0 Å². The van der Waals surface area contributed by atoms with Crippen LogP contribution in [0.2, 0.25) is 0 Å². The van der Waals surface area contributed by atoms with E-state index in [2.05, 4.69) is 4.98 Å². The second-order valence-corrected chi connectivity index (χ2v) is 9.54. The molecule has 0 spiro atoms. The van der Waals surface area contributed by atoms with Gasteiger partial charge in [-0.15, -0.1) is 0 Å². The molecule has 2 aliphatic heterocycles. The van der Waals surface area contributed by atoms with Crippen LogP contribution in [0.3, 0.4) is 0 Å². The van der Waals surface area contributed by atoms with E-state index in [4.69, 9.17) is 4.74 Å². The molecule has 0 saturated carbocycles. The largest absolute Gasteiger partial charge is 0.375 e. The van der Waals surface area contributed by atoms with Crippen molar-refractivity contribution in [3.8, 4) is 0 Å². The summed E-state index contributed by atoms with van der Waals surface area (Å²) in [6, 6.07) is 3.26. The fourth-order valence-electron chi connectivity index (χ4n) is 3.13. The van der Waals surface area contributed by atoms with Crippen molar-refractivity contribution in [3.05, 3.63) is 18.3 Å². The lowest BCUT2D eigenvalue weighted by atomic mass is 10.2. The van der Waals surface area contributed by atoms with Crippen LogP contribution in [-0.2, 0) is 19.6 Å². The topological polar surface area (TPSA) is 79.8 Å². The van der Waals surface area contributed by atoms with Gasteiger partial charge in [0.15, 0.2) is 0 Å². The molecule has 9 heteroatoms. The van der Waals surface area contributed by atoms with E-state index in [1.165, 1.54) is 22.3 Å². The van der Waals surface area contributed by atoms with E-state index in [0.29, 0.717) is 37.8 Å². The number of thioether (sulfide) groups is 1. The molecule has 7 nitrogen and oxygen atoms in total. The first kappa shape index (κ1) is 19.6. The summed E-state index contributed by atoms with van der Waals surface area (Å²) in [7, 11) is -3.46. The molecule has 2 saturated heterocycles. The Morgan fingerprint density at radius 3 is 2.69 bits per heavy atom. The van der Waals surface area contributed by atoms with Crippen LogP contribution in [0.15, 0.2) is 28.3 Å². The highest BCUT2D eigenvalue weighted by molar-refractivity contribution is 7.99. The van der Waals surface area contributed by atoms with Crippen molar-refractivity contribution in [3.63, 3.8) is 0 Å². The second kappa shape index (κ2) is 8.69. The normalized spacial score (nSPS) is 22.3. The first-order valence-electron chi connectivity index (χ1n) is 8.95. The van der Waals surface area contributed by atoms with Gasteiger partial charge in [-0.2, -0.15) is 4.31 Å². The number of amides is 1. The molecule has 0 bridgehead atoms. The Bertz CT molecular complexity index is 718. The Morgan fingerprint density at radius 2 is 2.04 bits per heavy atom. The first-order chi connectivity index (χ1) is 12.5. The quantitative estimate of drug-likeness (QED) is 0.700. The number of nitrogens with zero attached hydrogens (tertiary/aromatic N) is 3. The standard InChI is InChI=1S/C17H25N3O4S2/c1-14-12-19(9-10-24-14)17(21)13-25-16-6-5-15(11-18-16)26(22,23)20-7-3-2-4-8-20/h5-6,11,14H,2-4,7-10,12-13H2,1H3. The molecule has 0 aliphatic carbocycles. The molecular formula is C17H25N3O4S2. The lowest BCUT2D eigenvalue weighted by molar-refractivity contribution is -0.135. The van der Waals surface area contributed by atoms with Gasteiger partial charge >= 0.3 is 0 Å². The van der Waals surface area contributed by atoms with Crippen molar-refractivity contribution >= 4 is 27.7 Å². The molecule has 0 N–H and O–H groups in total. The Balaban J connectivity index is 1.56. The third kappa shape index (κ3) is 4.76. The molecule has 2 fully saturated rings. The number of carbonyl (C=O) groups excluding carboxylic acids is 1. The van der Waals surface area contributed by atoms with Crippen LogP contribution in [0.4, 0.5) is 0 Å². The maximum absolute atomic E-state index is 12.6. The van der Waals surface area contributed by atoms with Gasteiger partial charge < -0.3 is 9.64 Å². The van der Waals surface area contributed by atoms with E-state index >= 15 is 0 Å². The van der Waals surface area contributed by atoms with Crippen molar-refractivity contribution in [2.45, 2.75) is 42.2 Å². The fraction of sp³-hybridized carbons (Fsp3) is 0.647. The third-order valence-electron chi connectivity index (χ3n) is 4.60. The number of piperidine rings is 1. The summed E-state index contributed by atoms with van der Waals surface area (Å²) in [5.74, 6) is 0.342. The first-order valence-corrected chi connectivity index (χ1v) is 11.4. The number of rotatable bonds is 5. The van der Waals surface area contributed by atoms with E-state index in [-0.39, 0.29) is 22.7 Å². The number of ether oxygens (including phenoxy) is 1. The minimum Gasteiger partial charge on any atom is -0.375 e. The Hall–Kier alpha value is -1.16. The third-order valence-corrected chi connectivity index (χ3v) is 7.41. The van der Waals surface area contributed by atoms with Gasteiger partial charge in [0.2, 0.25) is 15.9 Å². The van der Waals surface area contributed by atoms with Crippen LogP contribution >= 0.6 is 11.8 Å². The molecule has 144 valence electrons. The minimum atomic E-state index is -3.46. The van der Waals surface area contributed by atoms with Crippen molar-refractivity contribution < 1.29 is 17.9 Å². The highest BCUT2D eigenvalue weighted by Crippen LogP contribution is 2.22. The maximum atomic E-state index is 12.6. The van der Waals surface area contributed by atoms with E-state index in [1.54, 1.807) is 17.0 Å². The minimum absolute atomic E-state index is 0.0527. The van der Waals surface area contributed by atoms with Crippen LogP contribution < -0.4 is 0 Å². The maximum Gasteiger partial charge on any atom is 0.244 e. The molecule has 1 atom stereocenters. The average Bonchev–Trinajstić information content (AvgIpc) is 2.67. The number of sulfonamides is 1.